The molecule has 3 heterocycles. The second-order valence-electron chi connectivity index (χ2n) is 11.5. The van der Waals surface area contributed by atoms with Crippen LogP contribution in [0.2, 0.25) is 0 Å². The monoisotopic (exact) mass is 562 g/mol. The predicted molar refractivity (Wildman–Crippen MR) is 159 cm³/mol. The van der Waals surface area contributed by atoms with Crippen LogP contribution in [0.4, 0.5) is 5.82 Å². The molecule has 0 aliphatic carbocycles. The van der Waals surface area contributed by atoms with Crippen LogP contribution in [0.1, 0.15) is 61.2 Å². The van der Waals surface area contributed by atoms with E-state index in [2.05, 4.69) is 26.8 Å². The van der Waals surface area contributed by atoms with Gasteiger partial charge < -0.3 is 14.4 Å². The van der Waals surface area contributed by atoms with E-state index in [1.165, 1.54) is 11.8 Å². The van der Waals surface area contributed by atoms with Crippen molar-refractivity contribution in [1.29, 1.82) is 0 Å². The first-order chi connectivity index (χ1) is 19.1. The van der Waals surface area contributed by atoms with Gasteiger partial charge in [-0.25, -0.2) is 4.68 Å². The van der Waals surface area contributed by atoms with Crippen molar-refractivity contribution in [3.8, 4) is 17.2 Å². The Hall–Kier alpha value is -3.46. The largest absolute Gasteiger partial charge is 0.497 e. The van der Waals surface area contributed by atoms with Crippen molar-refractivity contribution in [3.63, 3.8) is 0 Å². The van der Waals surface area contributed by atoms with E-state index < -0.39 is 0 Å². The maximum Gasteiger partial charge on any atom is 0.242 e. The molecule has 8 nitrogen and oxygen atoms in total. The second-order valence-corrected chi connectivity index (χ2v) is 12.5. The van der Waals surface area contributed by atoms with Crippen LogP contribution in [0.3, 0.4) is 0 Å². The summed E-state index contributed by atoms with van der Waals surface area (Å²) in [6.07, 6.45) is 1.99. The molecule has 1 fully saturated rings. The number of fused-ring (bicyclic) bond motifs is 1. The fraction of sp³-hybridized carbons (Fsp3) is 0.452. The Balaban J connectivity index is 1.79. The predicted octanol–water partition coefficient (Wildman–Crippen LogP) is 5.29. The summed E-state index contributed by atoms with van der Waals surface area (Å²) in [6, 6.07) is 13.8. The minimum absolute atomic E-state index is 0.0184. The Morgan fingerprint density at radius 3 is 2.48 bits per heavy atom. The first-order valence-corrected chi connectivity index (χ1v) is 14.8. The molecule has 1 atom stereocenters. The van der Waals surface area contributed by atoms with E-state index in [0.717, 1.165) is 54.0 Å². The number of methoxy groups -OCH3 is 2. The number of likely N-dealkylation sites (tertiary alicyclic amines) is 1. The Morgan fingerprint density at radius 1 is 1.07 bits per heavy atom. The lowest BCUT2D eigenvalue weighted by atomic mass is 9.87. The summed E-state index contributed by atoms with van der Waals surface area (Å²) in [4.78, 5) is 30.9. The van der Waals surface area contributed by atoms with Gasteiger partial charge in [0.05, 0.1) is 36.6 Å². The van der Waals surface area contributed by atoms with E-state index in [-0.39, 0.29) is 34.8 Å². The van der Waals surface area contributed by atoms with Crippen LogP contribution in [0.25, 0.3) is 5.69 Å². The number of carbonyl (C=O) groups excluding carboxylic acids is 2. The van der Waals surface area contributed by atoms with Gasteiger partial charge in [0, 0.05) is 29.6 Å². The molecule has 9 heteroatoms. The van der Waals surface area contributed by atoms with Gasteiger partial charge in [-0.1, -0.05) is 32.9 Å². The highest BCUT2D eigenvalue weighted by atomic mass is 32.2. The van der Waals surface area contributed by atoms with Crippen molar-refractivity contribution >= 4 is 29.4 Å². The fourth-order valence-electron chi connectivity index (χ4n) is 5.50. The Bertz CT molecular complexity index is 1420. The minimum Gasteiger partial charge on any atom is -0.497 e. The van der Waals surface area contributed by atoms with E-state index in [9.17, 15) is 9.59 Å². The summed E-state index contributed by atoms with van der Waals surface area (Å²) in [7, 11) is 3.30. The molecule has 212 valence electrons. The molecule has 0 bridgehead atoms. The van der Waals surface area contributed by atoms with Gasteiger partial charge in [-0.05, 0) is 55.7 Å². The summed E-state index contributed by atoms with van der Waals surface area (Å²) < 4.78 is 13.3. The molecule has 0 radical (unpaired) electrons. The molecule has 2 aliphatic heterocycles. The average molecular weight is 563 g/mol. The molecule has 3 aromatic rings. The summed E-state index contributed by atoms with van der Waals surface area (Å²) in [5.74, 6) is 2.13. The van der Waals surface area contributed by atoms with E-state index in [4.69, 9.17) is 14.6 Å². The number of hydrogen-bond donors (Lipinski definition) is 0. The van der Waals surface area contributed by atoms with Gasteiger partial charge in [0.15, 0.2) is 0 Å². The number of rotatable bonds is 6. The highest BCUT2D eigenvalue weighted by Gasteiger charge is 2.41. The number of ether oxygens (including phenoxy) is 2. The molecule has 0 saturated carbocycles. The molecule has 5 rings (SSSR count). The van der Waals surface area contributed by atoms with Crippen molar-refractivity contribution in [1.82, 2.24) is 14.7 Å². The van der Waals surface area contributed by atoms with Gasteiger partial charge in [-0.2, -0.15) is 5.10 Å². The summed E-state index contributed by atoms with van der Waals surface area (Å²) in [6.45, 7) is 9.88. The maximum atomic E-state index is 13.9. The Morgan fingerprint density at radius 2 is 1.82 bits per heavy atom. The standard InChI is InChI=1S/C31H38N4O4S/c1-20-10-9-11-21(16-20)35-30-27(29(32-35)31(2,3)4)28(23-17-22(38-5)12-13-24(23)39-6)40-19-26(37)34(30)18-25(36)33-14-7-8-15-33/h9-13,16-17,28H,7-8,14-15,18-19H2,1-6H3/t28-/m1/s1. The van der Waals surface area contributed by atoms with Crippen molar-refractivity contribution in [3.05, 3.63) is 64.8 Å². The molecular formula is C31H38N4O4S. The number of amides is 2. The highest BCUT2D eigenvalue weighted by Crippen LogP contribution is 2.51. The number of anilines is 1. The molecular weight excluding hydrogens is 524 g/mol. The average Bonchev–Trinajstić information content (AvgIpc) is 3.58. The summed E-state index contributed by atoms with van der Waals surface area (Å²) in [5.41, 5.74) is 4.29. The maximum absolute atomic E-state index is 13.9. The van der Waals surface area contributed by atoms with Crippen molar-refractivity contribution in [2.75, 3.05) is 44.5 Å². The van der Waals surface area contributed by atoms with E-state index in [1.807, 2.05) is 52.9 Å². The van der Waals surface area contributed by atoms with Gasteiger partial charge >= 0.3 is 0 Å². The third kappa shape index (κ3) is 5.31. The molecule has 2 aromatic carbocycles. The van der Waals surface area contributed by atoms with Crippen LogP contribution in [0, 0.1) is 6.92 Å². The quantitative estimate of drug-likeness (QED) is 0.407. The van der Waals surface area contributed by atoms with Crippen LogP contribution >= 0.6 is 11.8 Å². The number of benzene rings is 2. The number of aromatic nitrogens is 2. The van der Waals surface area contributed by atoms with Crippen LogP contribution in [0.15, 0.2) is 42.5 Å². The lowest BCUT2D eigenvalue weighted by Gasteiger charge is -2.26. The zero-order valence-electron chi connectivity index (χ0n) is 24.2. The smallest absolute Gasteiger partial charge is 0.242 e. The van der Waals surface area contributed by atoms with E-state index in [1.54, 1.807) is 19.1 Å². The SMILES string of the molecule is COc1ccc(OC)c([C@H]2SCC(=O)N(CC(=O)N3CCCC3)c3c2c(C(C)(C)C)nn3-c2cccc(C)c2)c1. The molecule has 0 unspecified atom stereocenters. The van der Waals surface area contributed by atoms with Gasteiger partial charge in [0.25, 0.3) is 0 Å². The number of aryl methyl sites for hydroxylation is 1. The summed E-state index contributed by atoms with van der Waals surface area (Å²) in [5, 5.41) is 4.92. The molecule has 0 spiro atoms. The molecule has 0 N–H and O–H groups in total. The van der Waals surface area contributed by atoms with Crippen molar-refractivity contribution < 1.29 is 19.1 Å². The second kappa shape index (κ2) is 11.2. The van der Waals surface area contributed by atoms with E-state index >= 15 is 0 Å². The normalized spacial score (nSPS) is 17.6. The highest BCUT2D eigenvalue weighted by molar-refractivity contribution is 8.00. The number of carbonyl (C=O) groups is 2. The molecule has 1 aromatic heterocycles. The first-order valence-electron chi connectivity index (χ1n) is 13.7. The third-order valence-corrected chi connectivity index (χ3v) is 8.75. The Kier molecular flexibility index (Phi) is 7.86. The number of thioether (sulfide) groups is 1. The summed E-state index contributed by atoms with van der Waals surface area (Å²) >= 11 is 1.54. The molecule has 40 heavy (non-hydrogen) atoms. The third-order valence-electron chi connectivity index (χ3n) is 7.52. The van der Waals surface area contributed by atoms with E-state index in [0.29, 0.717) is 17.3 Å². The van der Waals surface area contributed by atoms with Gasteiger partial charge in [-0.15, -0.1) is 11.8 Å². The molecule has 2 aliphatic rings. The van der Waals surface area contributed by atoms with Gasteiger partial charge in [0.1, 0.15) is 23.9 Å². The lowest BCUT2D eigenvalue weighted by Crippen LogP contribution is -2.43. The zero-order chi connectivity index (χ0) is 28.6. The zero-order valence-corrected chi connectivity index (χ0v) is 25.0. The topological polar surface area (TPSA) is 76.9 Å². The molecule has 1 saturated heterocycles. The van der Waals surface area contributed by atoms with Gasteiger partial charge in [0.2, 0.25) is 11.8 Å². The van der Waals surface area contributed by atoms with Crippen LogP contribution in [-0.4, -0.2) is 66.1 Å². The van der Waals surface area contributed by atoms with Crippen molar-refractivity contribution in [2.24, 2.45) is 0 Å². The van der Waals surface area contributed by atoms with Crippen LogP contribution in [-0.2, 0) is 15.0 Å². The van der Waals surface area contributed by atoms with Crippen LogP contribution < -0.4 is 14.4 Å². The number of nitrogens with zero attached hydrogens (tertiary/aromatic N) is 4. The van der Waals surface area contributed by atoms with Crippen molar-refractivity contribution in [2.45, 2.75) is 51.2 Å². The fourth-order valence-corrected chi connectivity index (χ4v) is 6.72. The number of hydrogen-bond acceptors (Lipinski definition) is 6. The lowest BCUT2D eigenvalue weighted by molar-refractivity contribution is -0.130. The van der Waals surface area contributed by atoms with Crippen LogP contribution in [0.5, 0.6) is 11.5 Å². The van der Waals surface area contributed by atoms with Gasteiger partial charge in [-0.3, -0.25) is 14.5 Å². The Labute approximate surface area is 240 Å². The molecule has 2 amide bonds. The minimum atomic E-state index is -0.345. The first kappa shape index (κ1) is 28.1.